The van der Waals surface area contributed by atoms with E-state index in [4.69, 9.17) is 5.73 Å². The lowest BCUT2D eigenvalue weighted by atomic mass is 10.1. The van der Waals surface area contributed by atoms with Crippen molar-refractivity contribution in [1.29, 1.82) is 0 Å². The van der Waals surface area contributed by atoms with Gasteiger partial charge in [0.2, 0.25) is 0 Å². The molecule has 0 saturated carbocycles. The van der Waals surface area contributed by atoms with Gasteiger partial charge in [0.1, 0.15) is 5.82 Å². The van der Waals surface area contributed by atoms with Gasteiger partial charge in [0, 0.05) is 17.4 Å². The van der Waals surface area contributed by atoms with Gasteiger partial charge in [-0.3, -0.25) is 4.68 Å². The zero-order valence-corrected chi connectivity index (χ0v) is 10.8. The smallest absolute Gasteiger partial charge is 0.123 e. The van der Waals surface area contributed by atoms with E-state index in [0.29, 0.717) is 6.54 Å². The average Bonchev–Trinajstić information content (AvgIpc) is 2.91. The average molecular weight is 267 g/mol. The molecule has 0 spiro atoms. The second kappa shape index (κ2) is 5.17. The molecule has 0 bridgehead atoms. The normalized spacial score (nSPS) is 10.7. The molecule has 1 heterocycles. The van der Waals surface area contributed by atoms with Crippen molar-refractivity contribution in [2.75, 3.05) is 5.73 Å². The van der Waals surface area contributed by atoms with E-state index in [-0.39, 0.29) is 5.82 Å². The second-order valence-corrected chi connectivity index (χ2v) is 4.68. The first kappa shape index (κ1) is 12.4. The van der Waals surface area contributed by atoms with E-state index in [1.807, 2.05) is 41.3 Å². The molecule has 0 aliphatic heterocycles. The zero-order chi connectivity index (χ0) is 13.9. The number of aromatic nitrogens is 2. The van der Waals surface area contributed by atoms with Crippen molar-refractivity contribution in [2.45, 2.75) is 6.54 Å². The van der Waals surface area contributed by atoms with Crippen LogP contribution in [0.4, 0.5) is 10.1 Å². The van der Waals surface area contributed by atoms with Crippen molar-refractivity contribution >= 4 is 5.69 Å². The van der Waals surface area contributed by atoms with Crippen molar-refractivity contribution in [3.8, 4) is 11.1 Å². The van der Waals surface area contributed by atoms with Crippen molar-refractivity contribution in [2.24, 2.45) is 0 Å². The maximum Gasteiger partial charge on any atom is 0.123 e. The Hall–Kier alpha value is -2.62. The highest BCUT2D eigenvalue weighted by Gasteiger charge is 2.02. The maximum atomic E-state index is 12.9. The van der Waals surface area contributed by atoms with Crippen LogP contribution in [0.25, 0.3) is 11.1 Å². The van der Waals surface area contributed by atoms with Gasteiger partial charge in [-0.05, 0) is 35.4 Å². The standard InChI is InChI=1S/C16H14FN3/c17-15-5-1-12(2-6-15)10-20-11-14(9-19-20)13-3-7-16(18)8-4-13/h1-9,11H,10,18H2. The molecular weight excluding hydrogens is 253 g/mol. The minimum atomic E-state index is -0.225. The summed E-state index contributed by atoms with van der Waals surface area (Å²) in [6.45, 7) is 0.620. The van der Waals surface area contributed by atoms with Crippen molar-refractivity contribution in [3.63, 3.8) is 0 Å². The van der Waals surface area contributed by atoms with Crippen LogP contribution >= 0.6 is 0 Å². The highest BCUT2D eigenvalue weighted by Crippen LogP contribution is 2.20. The fourth-order valence-electron chi connectivity index (χ4n) is 2.05. The molecule has 3 rings (SSSR count). The zero-order valence-electron chi connectivity index (χ0n) is 10.8. The van der Waals surface area contributed by atoms with Gasteiger partial charge in [-0.2, -0.15) is 5.10 Å². The van der Waals surface area contributed by atoms with Crippen molar-refractivity contribution < 1.29 is 4.39 Å². The minimum absolute atomic E-state index is 0.225. The summed E-state index contributed by atoms with van der Waals surface area (Å²) in [6, 6.07) is 14.1. The Bertz CT molecular complexity index is 699. The fraction of sp³-hybridized carbons (Fsp3) is 0.0625. The first-order chi connectivity index (χ1) is 9.70. The Morgan fingerprint density at radius 1 is 0.950 bits per heavy atom. The Labute approximate surface area is 116 Å². The molecule has 100 valence electrons. The summed E-state index contributed by atoms with van der Waals surface area (Å²) in [6.07, 6.45) is 3.78. The molecule has 4 heteroatoms. The summed E-state index contributed by atoms with van der Waals surface area (Å²) in [5.74, 6) is -0.225. The van der Waals surface area contributed by atoms with Crippen LogP contribution in [0.3, 0.4) is 0 Å². The van der Waals surface area contributed by atoms with Gasteiger partial charge in [-0.15, -0.1) is 0 Å². The molecule has 20 heavy (non-hydrogen) atoms. The van der Waals surface area contributed by atoms with Crippen molar-refractivity contribution in [3.05, 3.63) is 72.3 Å². The van der Waals surface area contributed by atoms with Gasteiger partial charge in [0.05, 0.1) is 12.7 Å². The number of benzene rings is 2. The lowest BCUT2D eigenvalue weighted by molar-refractivity contribution is 0.624. The van der Waals surface area contributed by atoms with E-state index in [1.54, 1.807) is 12.1 Å². The van der Waals surface area contributed by atoms with Crippen LogP contribution in [-0.4, -0.2) is 9.78 Å². The Morgan fingerprint density at radius 2 is 1.65 bits per heavy atom. The summed E-state index contributed by atoms with van der Waals surface area (Å²) in [5, 5.41) is 4.32. The Morgan fingerprint density at radius 3 is 2.35 bits per heavy atom. The summed E-state index contributed by atoms with van der Waals surface area (Å²) in [7, 11) is 0. The number of anilines is 1. The third-order valence-corrected chi connectivity index (χ3v) is 3.14. The summed E-state index contributed by atoms with van der Waals surface area (Å²) < 4.78 is 14.7. The Kier molecular flexibility index (Phi) is 3.21. The van der Waals surface area contributed by atoms with E-state index < -0.39 is 0 Å². The number of hydrogen-bond acceptors (Lipinski definition) is 2. The van der Waals surface area contributed by atoms with Crippen LogP contribution in [0, 0.1) is 5.82 Å². The van der Waals surface area contributed by atoms with E-state index in [2.05, 4.69) is 5.10 Å². The van der Waals surface area contributed by atoms with Gasteiger partial charge >= 0.3 is 0 Å². The molecule has 0 atom stereocenters. The quantitative estimate of drug-likeness (QED) is 0.740. The van der Waals surface area contributed by atoms with Gasteiger partial charge in [-0.25, -0.2) is 4.39 Å². The van der Waals surface area contributed by atoms with Gasteiger partial charge in [-0.1, -0.05) is 24.3 Å². The third-order valence-electron chi connectivity index (χ3n) is 3.14. The summed E-state index contributed by atoms with van der Waals surface area (Å²) >= 11 is 0. The van der Waals surface area contributed by atoms with Crippen LogP contribution in [0.1, 0.15) is 5.56 Å². The Balaban J connectivity index is 1.80. The molecule has 1 aromatic heterocycles. The van der Waals surface area contributed by atoms with Crippen molar-refractivity contribution in [1.82, 2.24) is 9.78 Å². The first-order valence-corrected chi connectivity index (χ1v) is 6.33. The molecule has 0 fully saturated rings. The molecule has 0 amide bonds. The number of halogens is 1. The molecule has 3 aromatic rings. The largest absolute Gasteiger partial charge is 0.399 e. The molecule has 2 aromatic carbocycles. The SMILES string of the molecule is Nc1ccc(-c2cnn(Cc3ccc(F)cc3)c2)cc1. The molecule has 0 saturated heterocycles. The number of rotatable bonds is 3. The first-order valence-electron chi connectivity index (χ1n) is 6.33. The molecule has 0 aliphatic carbocycles. The van der Waals surface area contributed by atoms with Gasteiger partial charge in [0.15, 0.2) is 0 Å². The predicted molar refractivity (Wildman–Crippen MR) is 77.6 cm³/mol. The second-order valence-electron chi connectivity index (χ2n) is 4.68. The van der Waals surface area contributed by atoms with Crippen LogP contribution in [0.2, 0.25) is 0 Å². The summed E-state index contributed by atoms with van der Waals surface area (Å²) in [5.41, 5.74) is 9.54. The lowest BCUT2D eigenvalue weighted by Gasteiger charge is -2.01. The molecular formula is C16H14FN3. The number of hydrogen-bond donors (Lipinski definition) is 1. The third kappa shape index (κ3) is 2.69. The monoisotopic (exact) mass is 267 g/mol. The van der Waals surface area contributed by atoms with Crippen LogP contribution in [0.5, 0.6) is 0 Å². The fourth-order valence-corrected chi connectivity index (χ4v) is 2.05. The van der Waals surface area contributed by atoms with E-state index >= 15 is 0 Å². The van der Waals surface area contributed by atoms with Gasteiger partial charge < -0.3 is 5.73 Å². The molecule has 0 unspecified atom stereocenters. The predicted octanol–water partition coefficient (Wildman–Crippen LogP) is 3.32. The topological polar surface area (TPSA) is 43.8 Å². The minimum Gasteiger partial charge on any atom is -0.399 e. The van der Waals surface area contributed by atoms with Gasteiger partial charge in [0.25, 0.3) is 0 Å². The van der Waals surface area contributed by atoms with Crippen LogP contribution in [-0.2, 0) is 6.54 Å². The van der Waals surface area contributed by atoms with E-state index in [0.717, 1.165) is 22.4 Å². The molecule has 3 nitrogen and oxygen atoms in total. The van der Waals surface area contributed by atoms with E-state index in [1.165, 1.54) is 12.1 Å². The number of nitrogens with zero attached hydrogens (tertiary/aromatic N) is 2. The lowest BCUT2D eigenvalue weighted by Crippen LogP contribution is -1.99. The number of nitrogen functional groups attached to an aromatic ring is 1. The summed E-state index contributed by atoms with van der Waals surface area (Å²) in [4.78, 5) is 0. The maximum absolute atomic E-state index is 12.9. The van der Waals surface area contributed by atoms with Crippen LogP contribution < -0.4 is 5.73 Å². The highest BCUT2D eigenvalue weighted by atomic mass is 19.1. The molecule has 0 radical (unpaired) electrons. The molecule has 2 N–H and O–H groups in total. The highest BCUT2D eigenvalue weighted by molar-refractivity contribution is 5.63. The van der Waals surface area contributed by atoms with Crippen LogP contribution in [0.15, 0.2) is 60.9 Å². The van der Waals surface area contributed by atoms with E-state index in [9.17, 15) is 4.39 Å². The molecule has 0 aliphatic rings. The number of nitrogens with two attached hydrogens (primary N) is 1.